The second-order valence-electron chi connectivity index (χ2n) is 5.73. The number of carbonyl (C=O) groups excluding carboxylic acids is 1. The molecule has 1 amide bonds. The van der Waals surface area contributed by atoms with Crippen molar-refractivity contribution in [1.29, 1.82) is 0 Å². The quantitative estimate of drug-likeness (QED) is 0.799. The predicted octanol–water partition coefficient (Wildman–Crippen LogP) is 2.14. The molecule has 19 heavy (non-hydrogen) atoms. The average molecular weight is 259 g/mol. The zero-order valence-electron chi connectivity index (χ0n) is 11.1. The molecule has 1 aromatic rings. The van der Waals surface area contributed by atoms with Gasteiger partial charge in [0.2, 0.25) is 0 Å². The molecular formula is C15H21N3O. The van der Waals surface area contributed by atoms with Crippen molar-refractivity contribution < 1.29 is 4.79 Å². The van der Waals surface area contributed by atoms with E-state index in [4.69, 9.17) is 11.5 Å². The summed E-state index contributed by atoms with van der Waals surface area (Å²) >= 11 is 0. The van der Waals surface area contributed by atoms with Gasteiger partial charge in [-0.05, 0) is 49.8 Å². The van der Waals surface area contributed by atoms with Crippen LogP contribution >= 0.6 is 0 Å². The molecule has 2 atom stereocenters. The Kier molecular flexibility index (Phi) is 3.09. The van der Waals surface area contributed by atoms with Crippen molar-refractivity contribution in [3.05, 3.63) is 23.8 Å². The van der Waals surface area contributed by atoms with Gasteiger partial charge in [0.15, 0.2) is 0 Å². The molecule has 4 nitrogen and oxygen atoms in total. The second-order valence-corrected chi connectivity index (χ2v) is 5.73. The first-order valence-corrected chi connectivity index (χ1v) is 7.13. The smallest absolute Gasteiger partial charge is 0.250 e. The van der Waals surface area contributed by atoms with Gasteiger partial charge >= 0.3 is 0 Å². The number of primary amides is 1. The van der Waals surface area contributed by atoms with E-state index in [1.54, 1.807) is 6.07 Å². The van der Waals surface area contributed by atoms with Crippen molar-refractivity contribution in [2.24, 2.45) is 11.7 Å². The minimum Gasteiger partial charge on any atom is -0.399 e. The molecule has 4 N–H and O–H groups in total. The van der Waals surface area contributed by atoms with Gasteiger partial charge in [0.05, 0.1) is 5.56 Å². The van der Waals surface area contributed by atoms with Crippen molar-refractivity contribution in [3.63, 3.8) is 0 Å². The molecule has 1 aromatic carbocycles. The molecule has 1 saturated heterocycles. The van der Waals surface area contributed by atoms with Crippen LogP contribution in [0.25, 0.3) is 0 Å². The predicted molar refractivity (Wildman–Crippen MR) is 77.1 cm³/mol. The molecular weight excluding hydrogens is 238 g/mol. The van der Waals surface area contributed by atoms with Gasteiger partial charge in [-0.15, -0.1) is 0 Å². The fraction of sp³-hybridized carbons (Fsp3) is 0.533. The van der Waals surface area contributed by atoms with Gasteiger partial charge in [-0.1, -0.05) is 6.42 Å². The number of fused-ring (bicyclic) bond motifs is 1. The van der Waals surface area contributed by atoms with E-state index >= 15 is 0 Å². The Bertz CT molecular complexity index is 500. The largest absolute Gasteiger partial charge is 0.399 e. The normalized spacial score (nSPS) is 26.2. The lowest BCUT2D eigenvalue weighted by molar-refractivity contribution is 0.100. The molecule has 0 spiro atoms. The minimum atomic E-state index is -0.387. The fourth-order valence-electron chi connectivity index (χ4n) is 3.75. The number of benzene rings is 1. The maximum Gasteiger partial charge on any atom is 0.250 e. The monoisotopic (exact) mass is 259 g/mol. The summed E-state index contributed by atoms with van der Waals surface area (Å²) in [7, 11) is 0. The van der Waals surface area contributed by atoms with Crippen molar-refractivity contribution in [2.75, 3.05) is 17.2 Å². The molecule has 1 aliphatic heterocycles. The maximum absolute atomic E-state index is 11.6. The van der Waals surface area contributed by atoms with E-state index in [0.29, 0.717) is 17.3 Å². The highest BCUT2D eigenvalue weighted by Crippen LogP contribution is 2.40. The molecule has 1 heterocycles. The SMILES string of the molecule is NC(=O)c1cc(N)ccc1N1CCCC2CCCC21. The number of nitrogen functional groups attached to an aromatic ring is 1. The van der Waals surface area contributed by atoms with Crippen molar-refractivity contribution in [3.8, 4) is 0 Å². The van der Waals surface area contributed by atoms with Crippen molar-refractivity contribution >= 4 is 17.3 Å². The first-order chi connectivity index (χ1) is 9.16. The molecule has 1 aliphatic carbocycles. The van der Waals surface area contributed by atoms with Crippen LogP contribution in [0.4, 0.5) is 11.4 Å². The topological polar surface area (TPSA) is 72.3 Å². The molecule has 0 bridgehead atoms. The van der Waals surface area contributed by atoms with Gasteiger partial charge in [-0.3, -0.25) is 4.79 Å². The number of nitrogens with two attached hydrogens (primary N) is 2. The van der Waals surface area contributed by atoms with E-state index in [2.05, 4.69) is 4.90 Å². The lowest BCUT2D eigenvalue weighted by Crippen LogP contribution is -2.43. The first kappa shape index (κ1) is 12.3. The highest BCUT2D eigenvalue weighted by molar-refractivity contribution is 5.99. The molecule has 4 heteroatoms. The molecule has 1 saturated carbocycles. The summed E-state index contributed by atoms with van der Waals surface area (Å²) in [5, 5.41) is 0. The zero-order chi connectivity index (χ0) is 13.4. The lowest BCUT2D eigenvalue weighted by atomic mass is 9.91. The molecule has 0 aromatic heterocycles. The Labute approximate surface area is 113 Å². The summed E-state index contributed by atoms with van der Waals surface area (Å²) in [6.45, 7) is 1.02. The average Bonchev–Trinajstić information content (AvgIpc) is 2.86. The number of piperidine rings is 1. The van der Waals surface area contributed by atoms with Crippen LogP contribution in [0, 0.1) is 5.92 Å². The third kappa shape index (κ3) is 2.15. The molecule has 3 rings (SSSR count). The first-order valence-electron chi connectivity index (χ1n) is 7.13. The Morgan fingerprint density at radius 2 is 2.00 bits per heavy atom. The van der Waals surface area contributed by atoms with Gasteiger partial charge in [-0.2, -0.15) is 0 Å². The third-order valence-electron chi connectivity index (χ3n) is 4.59. The van der Waals surface area contributed by atoms with E-state index in [0.717, 1.165) is 18.2 Å². The summed E-state index contributed by atoms with van der Waals surface area (Å²) in [4.78, 5) is 14.0. The summed E-state index contributed by atoms with van der Waals surface area (Å²) in [5.41, 5.74) is 13.4. The van der Waals surface area contributed by atoms with Gasteiger partial charge in [-0.25, -0.2) is 0 Å². The van der Waals surface area contributed by atoms with E-state index in [1.165, 1.54) is 32.1 Å². The summed E-state index contributed by atoms with van der Waals surface area (Å²) in [6.07, 6.45) is 6.37. The Hall–Kier alpha value is -1.71. The van der Waals surface area contributed by atoms with Gasteiger partial charge in [0.1, 0.15) is 0 Å². The number of nitrogens with zero attached hydrogens (tertiary/aromatic N) is 1. The van der Waals surface area contributed by atoms with Crippen LogP contribution in [-0.2, 0) is 0 Å². The van der Waals surface area contributed by atoms with Crippen LogP contribution < -0.4 is 16.4 Å². The summed E-state index contributed by atoms with van der Waals surface area (Å²) in [6, 6.07) is 6.10. The number of anilines is 2. The maximum atomic E-state index is 11.6. The molecule has 0 radical (unpaired) electrons. The number of hydrogen-bond acceptors (Lipinski definition) is 3. The minimum absolute atomic E-state index is 0.387. The molecule has 2 unspecified atom stereocenters. The Morgan fingerprint density at radius 1 is 1.21 bits per heavy atom. The van der Waals surface area contributed by atoms with E-state index in [1.807, 2.05) is 12.1 Å². The van der Waals surface area contributed by atoms with Crippen molar-refractivity contribution in [1.82, 2.24) is 0 Å². The number of amides is 1. The summed E-state index contributed by atoms with van der Waals surface area (Å²) < 4.78 is 0. The number of rotatable bonds is 2. The van der Waals surface area contributed by atoms with E-state index in [-0.39, 0.29) is 5.91 Å². The van der Waals surface area contributed by atoms with Crippen LogP contribution in [0.15, 0.2) is 18.2 Å². The second kappa shape index (κ2) is 4.76. The highest BCUT2D eigenvalue weighted by atomic mass is 16.1. The molecule has 2 fully saturated rings. The number of hydrogen-bond donors (Lipinski definition) is 2. The van der Waals surface area contributed by atoms with Crippen LogP contribution in [0.5, 0.6) is 0 Å². The number of carbonyl (C=O) groups is 1. The van der Waals surface area contributed by atoms with Gasteiger partial charge in [0.25, 0.3) is 5.91 Å². The van der Waals surface area contributed by atoms with Gasteiger partial charge in [0, 0.05) is 24.0 Å². The van der Waals surface area contributed by atoms with Crippen LogP contribution in [-0.4, -0.2) is 18.5 Å². The zero-order valence-corrected chi connectivity index (χ0v) is 11.1. The van der Waals surface area contributed by atoms with E-state index in [9.17, 15) is 4.79 Å². The van der Waals surface area contributed by atoms with Crippen molar-refractivity contribution in [2.45, 2.75) is 38.1 Å². The fourth-order valence-corrected chi connectivity index (χ4v) is 3.75. The standard InChI is InChI=1S/C15H21N3O/c16-11-6-7-14(12(9-11)15(17)19)18-8-2-4-10-3-1-5-13(10)18/h6-7,9-10,13H,1-5,8,16H2,(H2,17,19). The molecule has 2 aliphatic rings. The Balaban J connectivity index is 1.98. The van der Waals surface area contributed by atoms with Crippen LogP contribution in [0.2, 0.25) is 0 Å². The van der Waals surface area contributed by atoms with Gasteiger partial charge < -0.3 is 16.4 Å². The highest BCUT2D eigenvalue weighted by Gasteiger charge is 2.36. The Morgan fingerprint density at radius 3 is 2.79 bits per heavy atom. The summed E-state index contributed by atoms with van der Waals surface area (Å²) in [5.74, 6) is 0.398. The van der Waals surface area contributed by atoms with Crippen LogP contribution in [0.3, 0.4) is 0 Å². The van der Waals surface area contributed by atoms with E-state index < -0.39 is 0 Å². The third-order valence-corrected chi connectivity index (χ3v) is 4.59. The van der Waals surface area contributed by atoms with Crippen LogP contribution in [0.1, 0.15) is 42.5 Å². The lowest BCUT2D eigenvalue weighted by Gasteiger charge is -2.40. The molecule has 102 valence electrons.